The van der Waals surface area contributed by atoms with Crippen LogP contribution >= 0.6 is 11.6 Å². The third-order valence-corrected chi connectivity index (χ3v) is 3.78. The molecule has 1 aromatic rings. The Morgan fingerprint density at radius 2 is 1.94 bits per heavy atom. The Labute approximate surface area is 111 Å². The summed E-state index contributed by atoms with van der Waals surface area (Å²) in [6, 6.07) is 8.17. The van der Waals surface area contributed by atoms with Crippen molar-refractivity contribution in [1.82, 2.24) is 5.32 Å². The molecular formula is C15H24ClN. The van der Waals surface area contributed by atoms with Gasteiger partial charge in [0.15, 0.2) is 0 Å². The van der Waals surface area contributed by atoms with Gasteiger partial charge in [-0.1, -0.05) is 50.6 Å². The third-order valence-electron chi connectivity index (χ3n) is 3.41. The zero-order valence-electron chi connectivity index (χ0n) is 11.2. The van der Waals surface area contributed by atoms with Crippen LogP contribution in [0.25, 0.3) is 0 Å². The van der Waals surface area contributed by atoms with Crippen LogP contribution in [-0.4, -0.2) is 13.1 Å². The van der Waals surface area contributed by atoms with E-state index in [1.165, 1.54) is 12.0 Å². The SMILES string of the molecule is CCCNCC(C)(CC)Cc1ccccc1Cl. The first kappa shape index (κ1) is 14.5. The molecule has 0 saturated carbocycles. The van der Waals surface area contributed by atoms with E-state index in [0.717, 1.165) is 31.0 Å². The lowest BCUT2D eigenvalue weighted by atomic mass is 9.81. The van der Waals surface area contributed by atoms with Crippen LogP contribution in [0.4, 0.5) is 0 Å². The zero-order valence-corrected chi connectivity index (χ0v) is 12.0. The minimum absolute atomic E-state index is 0.292. The maximum Gasteiger partial charge on any atom is 0.0438 e. The minimum atomic E-state index is 0.292. The Morgan fingerprint density at radius 1 is 1.24 bits per heavy atom. The quantitative estimate of drug-likeness (QED) is 0.715. The molecule has 17 heavy (non-hydrogen) atoms. The van der Waals surface area contributed by atoms with Crippen molar-refractivity contribution in [2.45, 2.75) is 40.0 Å². The fourth-order valence-corrected chi connectivity index (χ4v) is 2.18. The average Bonchev–Trinajstić information content (AvgIpc) is 2.33. The summed E-state index contributed by atoms with van der Waals surface area (Å²) < 4.78 is 0. The molecule has 1 unspecified atom stereocenters. The van der Waals surface area contributed by atoms with Crippen LogP contribution in [0.15, 0.2) is 24.3 Å². The van der Waals surface area contributed by atoms with Crippen molar-refractivity contribution in [3.63, 3.8) is 0 Å². The van der Waals surface area contributed by atoms with Gasteiger partial charge < -0.3 is 5.32 Å². The first-order chi connectivity index (χ1) is 8.11. The molecule has 96 valence electrons. The van der Waals surface area contributed by atoms with Gasteiger partial charge in [0.05, 0.1) is 0 Å². The van der Waals surface area contributed by atoms with Crippen molar-refractivity contribution in [3.8, 4) is 0 Å². The first-order valence-corrected chi connectivity index (χ1v) is 6.93. The summed E-state index contributed by atoms with van der Waals surface area (Å²) >= 11 is 6.23. The molecule has 0 fully saturated rings. The van der Waals surface area contributed by atoms with Crippen molar-refractivity contribution < 1.29 is 0 Å². The predicted octanol–water partition coefficient (Wildman–Crippen LogP) is 4.30. The minimum Gasteiger partial charge on any atom is -0.316 e. The van der Waals surface area contributed by atoms with E-state index in [0.29, 0.717) is 5.41 Å². The second kappa shape index (κ2) is 7.03. The molecule has 0 aliphatic heterocycles. The van der Waals surface area contributed by atoms with Gasteiger partial charge in [0, 0.05) is 11.6 Å². The van der Waals surface area contributed by atoms with Crippen molar-refractivity contribution in [2.75, 3.05) is 13.1 Å². The standard InChI is InChI=1S/C15H24ClN/c1-4-10-17-12-15(3,5-2)11-13-8-6-7-9-14(13)16/h6-9,17H,4-5,10-12H2,1-3H3. The van der Waals surface area contributed by atoms with Gasteiger partial charge in [-0.15, -0.1) is 0 Å². The van der Waals surface area contributed by atoms with Crippen LogP contribution < -0.4 is 5.32 Å². The van der Waals surface area contributed by atoms with Crippen LogP contribution in [0.5, 0.6) is 0 Å². The molecule has 0 aliphatic rings. The molecule has 0 spiro atoms. The predicted molar refractivity (Wildman–Crippen MR) is 76.7 cm³/mol. The summed E-state index contributed by atoms with van der Waals surface area (Å²) in [4.78, 5) is 0. The Hall–Kier alpha value is -0.530. The summed E-state index contributed by atoms with van der Waals surface area (Å²) in [6.45, 7) is 8.94. The smallest absolute Gasteiger partial charge is 0.0438 e. The Kier molecular flexibility index (Phi) is 6.01. The summed E-state index contributed by atoms with van der Waals surface area (Å²) in [5, 5.41) is 4.41. The molecule has 0 aliphatic carbocycles. The second-order valence-corrected chi connectivity index (χ2v) is 5.52. The number of halogens is 1. The van der Waals surface area contributed by atoms with Crippen LogP contribution in [-0.2, 0) is 6.42 Å². The molecule has 2 heteroatoms. The van der Waals surface area contributed by atoms with Gasteiger partial charge in [-0.25, -0.2) is 0 Å². The van der Waals surface area contributed by atoms with Gasteiger partial charge in [-0.2, -0.15) is 0 Å². The highest BCUT2D eigenvalue weighted by molar-refractivity contribution is 6.31. The molecule has 1 atom stereocenters. The van der Waals surface area contributed by atoms with Crippen molar-refractivity contribution in [3.05, 3.63) is 34.9 Å². The number of rotatable bonds is 7. The maximum absolute atomic E-state index is 6.23. The molecule has 1 nitrogen and oxygen atoms in total. The van der Waals surface area contributed by atoms with Crippen LogP contribution in [0, 0.1) is 5.41 Å². The van der Waals surface area contributed by atoms with Gasteiger partial charge >= 0.3 is 0 Å². The molecule has 0 aromatic heterocycles. The van der Waals surface area contributed by atoms with Gasteiger partial charge in [0.25, 0.3) is 0 Å². The van der Waals surface area contributed by atoms with E-state index in [1.54, 1.807) is 0 Å². The molecule has 0 amide bonds. The second-order valence-electron chi connectivity index (χ2n) is 5.11. The van der Waals surface area contributed by atoms with Crippen molar-refractivity contribution >= 4 is 11.6 Å². The monoisotopic (exact) mass is 253 g/mol. The van der Waals surface area contributed by atoms with E-state index < -0.39 is 0 Å². The number of nitrogens with one attached hydrogen (secondary N) is 1. The largest absolute Gasteiger partial charge is 0.316 e. The van der Waals surface area contributed by atoms with E-state index in [4.69, 9.17) is 11.6 Å². The van der Waals surface area contributed by atoms with E-state index in [1.807, 2.05) is 12.1 Å². The van der Waals surface area contributed by atoms with Crippen LogP contribution in [0.1, 0.15) is 39.2 Å². The van der Waals surface area contributed by atoms with Crippen molar-refractivity contribution in [2.24, 2.45) is 5.41 Å². The molecular weight excluding hydrogens is 230 g/mol. The van der Waals surface area contributed by atoms with Gasteiger partial charge in [0.1, 0.15) is 0 Å². The maximum atomic E-state index is 6.23. The molecule has 0 bridgehead atoms. The van der Waals surface area contributed by atoms with Crippen LogP contribution in [0.2, 0.25) is 5.02 Å². The van der Waals surface area contributed by atoms with Gasteiger partial charge in [-0.05, 0) is 42.9 Å². The normalized spacial score (nSPS) is 14.6. The Morgan fingerprint density at radius 3 is 2.53 bits per heavy atom. The van der Waals surface area contributed by atoms with Gasteiger partial charge in [0.2, 0.25) is 0 Å². The third kappa shape index (κ3) is 4.69. The number of benzene rings is 1. The van der Waals surface area contributed by atoms with Crippen molar-refractivity contribution in [1.29, 1.82) is 0 Å². The summed E-state index contributed by atoms with van der Waals surface area (Å²) in [5.74, 6) is 0. The first-order valence-electron chi connectivity index (χ1n) is 6.55. The zero-order chi connectivity index (χ0) is 12.7. The van der Waals surface area contributed by atoms with Gasteiger partial charge in [-0.3, -0.25) is 0 Å². The fraction of sp³-hybridized carbons (Fsp3) is 0.600. The van der Waals surface area contributed by atoms with E-state index >= 15 is 0 Å². The lowest BCUT2D eigenvalue weighted by molar-refractivity contribution is 0.291. The molecule has 1 rings (SSSR count). The summed E-state index contributed by atoms with van der Waals surface area (Å²) in [5.41, 5.74) is 1.55. The highest BCUT2D eigenvalue weighted by atomic mass is 35.5. The van der Waals surface area contributed by atoms with E-state index in [9.17, 15) is 0 Å². The molecule has 1 aromatic carbocycles. The number of hydrogen-bond acceptors (Lipinski definition) is 1. The highest BCUT2D eigenvalue weighted by Crippen LogP contribution is 2.29. The Bertz CT molecular complexity index is 337. The molecule has 1 N–H and O–H groups in total. The highest BCUT2D eigenvalue weighted by Gasteiger charge is 2.22. The van der Waals surface area contributed by atoms with E-state index in [2.05, 4.69) is 38.2 Å². The number of hydrogen-bond donors (Lipinski definition) is 1. The fourth-order valence-electron chi connectivity index (χ4n) is 1.98. The Balaban J connectivity index is 2.65. The van der Waals surface area contributed by atoms with Crippen LogP contribution in [0.3, 0.4) is 0 Å². The molecule has 0 heterocycles. The lowest BCUT2D eigenvalue weighted by Gasteiger charge is -2.29. The average molecular weight is 254 g/mol. The summed E-state index contributed by atoms with van der Waals surface area (Å²) in [6.07, 6.45) is 3.39. The topological polar surface area (TPSA) is 12.0 Å². The summed E-state index contributed by atoms with van der Waals surface area (Å²) in [7, 11) is 0. The van der Waals surface area contributed by atoms with E-state index in [-0.39, 0.29) is 0 Å². The molecule has 0 radical (unpaired) electrons. The molecule has 0 saturated heterocycles. The lowest BCUT2D eigenvalue weighted by Crippen LogP contribution is -2.33.